The van der Waals surface area contributed by atoms with Gasteiger partial charge in [-0.3, -0.25) is 4.79 Å². The minimum Gasteiger partial charge on any atom is -0.493 e. The molecule has 1 aliphatic heterocycles. The molecule has 0 bridgehead atoms. The summed E-state index contributed by atoms with van der Waals surface area (Å²) in [4.78, 5) is 25.5. The Kier molecular flexibility index (Phi) is 12.0. The molecule has 0 amide bonds. The molecule has 218 valence electrons. The van der Waals surface area contributed by atoms with Crippen molar-refractivity contribution in [3.63, 3.8) is 0 Å². The van der Waals surface area contributed by atoms with E-state index in [2.05, 4.69) is 49.1 Å². The molecule has 1 heterocycles. The number of carbonyl (C=O) groups excluding carboxylic acids is 2. The molecule has 1 aliphatic carbocycles. The Morgan fingerprint density at radius 2 is 1.90 bits per heavy atom. The van der Waals surface area contributed by atoms with Crippen LogP contribution in [-0.2, 0) is 23.8 Å². The second kappa shape index (κ2) is 16.1. The third kappa shape index (κ3) is 9.29. The highest BCUT2D eigenvalue weighted by Crippen LogP contribution is 2.44. The predicted molar refractivity (Wildman–Crippen MR) is 159 cm³/mol. The van der Waals surface area contributed by atoms with Crippen molar-refractivity contribution < 1.29 is 28.5 Å². The van der Waals surface area contributed by atoms with Crippen LogP contribution in [0.4, 0.5) is 0 Å². The first-order valence-corrected chi connectivity index (χ1v) is 14.7. The Morgan fingerprint density at radius 1 is 1.10 bits per heavy atom. The Morgan fingerprint density at radius 3 is 2.63 bits per heavy atom. The maximum Gasteiger partial charge on any atom is 0.335 e. The lowest BCUT2D eigenvalue weighted by Crippen LogP contribution is -2.33. The van der Waals surface area contributed by atoms with Crippen LogP contribution in [0.3, 0.4) is 0 Å². The number of ketones is 1. The van der Waals surface area contributed by atoms with E-state index in [4.69, 9.17) is 18.9 Å². The largest absolute Gasteiger partial charge is 0.493 e. The number of rotatable bonds is 13. The van der Waals surface area contributed by atoms with E-state index in [1.165, 1.54) is 18.2 Å². The number of ether oxygens (including phenoxy) is 4. The minimum atomic E-state index is -0.739. The van der Waals surface area contributed by atoms with Gasteiger partial charge in [0.05, 0.1) is 13.7 Å². The van der Waals surface area contributed by atoms with E-state index < -0.39 is 12.1 Å². The van der Waals surface area contributed by atoms with E-state index in [9.17, 15) is 9.59 Å². The lowest BCUT2D eigenvalue weighted by molar-refractivity contribution is -0.201. The van der Waals surface area contributed by atoms with Gasteiger partial charge in [0.25, 0.3) is 0 Å². The molecule has 0 radical (unpaired) electrons. The molecule has 41 heavy (non-hydrogen) atoms. The first kappa shape index (κ1) is 30.5. The Balaban J connectivity index is 1.39. The fourth-order valence-electron chi connectivity index (χ4n) is 5.52. The molecule has 0 aromatic heterocycles. The number of para-hydroxylation sites is 1. The van der Waals surface area contributed by atoms with Crippen LogP contribution >= 0.6 is 0 Å². The van der Waals surface area contributed by atoms with Crippen molar-refractivity contribution in [1.82, 2.24) is 0 Å². The standard InChI is InChI=1S/C35H42O6/c1-26-19-21-27(22-20-26)31-25-32(36)30(29(31)15-9-11-23-39-28-13-5-3-6-14-28)16-7-4-8-17-33(35(37)38-2)41-34-18-10-12-24-40-34/h3,5-9,13-15,19-22,29-31,33-34H,10-12,16-18,23-25H2,1-2H3/b15-9+/t4?,29-,30-,31+,33?,34?/m1/s1. The number of hydrogen-bond donors (Lipinski definition) is 0. The molecular weight excluding hydrogens is 516 g/mol. The van der Waals surface area contributed by atoms with Gasteiger partial charge in [0, 0.05) is 25.4 Å². The molecule has 1 saturated carbocycles. The lowest BCUT2D eigenvalue weighted by atomic mass is 9.83. The maximum absolute atomic E-state index is 13.2. The molecule has 1 saturated heterocycles. The van der Waals surface area contributed by atoms with E-state index >= 15 is 0 Å². The molecule has 0 spiro atoms. The summed E-state index contributed by atoms with van der Waals surface area (Å²) in [5.41, 5.74) is 5.59. The van der Waals surface area contributed by atoms with Crippen molar-refractivity contribution in [3.8, 4) is 5.75 Å². The average Bonchev–Trinajstić information content (AvgIpc) is 3.31. The highest BCUT2D eigenvalue weighted by molar-refractivity contribution is 5.85. The fourth-order valence-corrected chi connectivity index (χ4v) is 5.52. The molecule has 2 unspecified atom stereocenters. The van der Waals surface area contributed by atoms with Crippen molar-refractivity contribution in [2.45, 2.75) is 70.2 Å². The molecular formula is C35H42O6. The van der Waals surface area contributed by atoms with Gasteiger partial charge in [0.2, 0.25) is 0 Å². The molecule has 0 N–H and O–H groups in total. The Labute approximate surface area is 244 Å². The quantitative estimate of drug-likeness (QED) is 0.115. The van der Waals surface area contributed by atoms with Crippen LogP contribution < -0.4 is 4.74 Å². The van der Waals surface area contributed by atoms with Gasteiger partial charge >= 0.3 is 5.97 Å². The van der Waals surface area contributed by atoms with Gasteiger partial charge in [0.1, 0.15) is 11.5 Å². The van der Waals surface area contributed by atoms with Crippen LogP contribution in [-0.4, -0.2) is 44.5 Å². The van der Waals surface area contributed by atoms with Gasteiger partial charge in [-0.2, -0.15) is 0 Å². The summed E-state index contributed by atoms with van der Waals surface area (Å²) in [5.74, 6) is 0.811. The summed E-state index contributed by atoms with van der Waals surface area (Å²) in [5, 5.41) is 0. The predicted octanol–water partition coefficient (Wildman–Crippen LogP) is 6.89. The number of benzene rings is 2. The number of Topliss-reactive ketones (excluding diaryl/α,β-unsaturated/α-hetero) is 1. The minimum absolute atomic E-state index is 0.0922. The zero-order valence-electron chi connectivity index (χ0n) is 24.2. The molecule has 2 fully saturated rings. The summed E-state index contributed by atoms with van der Waals surface area (Å²) in [6.07, 6.45) is 11.9. The first-order valence-electron chi connectivity index (χ1n) is 14.7. The molecule has 2 aliphatic rings. The van der Waals surface area contributed by atoms with Crippen molar-refractivity contribution >= 4 is 11.8 Å². The highest BCUT2D eigenvalue weighted by atomic mass is 16.7. The van der Waals surface area contributed by atoms with Crippen LogP contribution in [0.5, 0.6) is 5.75 Å². The van der Waals surface area contributed by atoms with Crippen molar-refractivity contribution in [2.75, 3.05) is 20.3 Å². The number of aryl methyl sites for hydroxylation is 1. The summed E-state index contributed by atoms with van der Waals surface area (Å²) < 4.78 is 22.2. The van der Waals surface area contributed by atoms with E-state index in [0.717, 1.165) is 31.4 Å². The van der Waals surface area contributed by atoms with Crippen molar-refractivity contribution in [3.05, 3.63) is 95.8 Å². The highest BCUT2D eigenvalue weighted by Gasteiger charge is 2.40. The summed E-state index contributed by atoms with van der Waals surface area (Å²) in [7, 11) is 1.36. The molecule has 6 heteroatoms. The van der Waals surface area contributed by atoms with Crippen LogP contribution in [0.25, 0.3) is 0 Å². The third-order valence-corrected chi connectivity index (χ3v) is 7.78. The first-order chi connectivity index (χ1) is 20.0. The summed E-state index contributed by atoms with van der Waals surface area (Å²) in [6, 6.07) is 18.3. The van der Waals surface area contributed by atoms with E-state index in [0.29, 0.717) is 32.5 Å². The third-order valence-electron chi connectivity index (χ3n) is 7.78. The average molecular weight is 559 g/mol. The number of carbonyl (C=O) groups is 2. The van der Waals surface area contributed by atoms with Gasteiger partial charge < -0.3 is 18.9 Å². The Bertz CT molecular complexity index is 1190. The molecule has 2 aromatic carbocycles. The normalized spacial score (nSPS) is 23.1. The molecule has 5 atom stereocenters. The zero-order valence-corrected chi connectivity index (χ0v) is 24.2. The smallest absolute Gasteiger partial charge is 0.335 e. The van der Waals surface area contributed by atoms with E-state index in [1.807, 2.05) is 36.4 Å². The number of allylic oxidation sites excluding steroid dienone is 1. The monoisotopic (exact) mass is 558 g/mol. The zero-order chi connectivity index (χ0) is 28.9. The SMILES string of the molecule is COC(=O)C(CC=C=CC[C@H]1C(=O)C[C@@H](c2ccc(C)cc2)[C@@H]1/C=C/CCOc1ccccc1)OC1CCCCO1. The number of esters is 1. The van der Waals surface area contributed by atoms with Gasteiger partial charge in [-0.15, -0.1) is 5.73 Å². The molecule has 6 nitrogen and oxygen atoms in total. The summed E-state index contributed by atoms with van der Waals surface area (Å²) in [6.45, 7) is 3.30. The van der Waals surface area contributed by atoms with Crippen LogP contribution in [0.1, 0.15) is 62.0 Å². The molecule has 2 aromatic rings. The fraction of sp³-hybridized carbons (Fsp3) is 0.457. The summed E-state index contributed by atoms with van der Waals surface area (Å²) >= 11 is 0. The van der Waals surface area contributed by atoms with E-state index in [1.54, 1.807) is 6.08 Å². The van der Waals surface area contributed by atoms with E-state index in [-0.39, 0.29) is 29.8 Å². The van der Waals surface area contributed by atoms with Crippen molar-refractivity contribution in [1.29, 1.82) is 0 Å². The topological polar surface area (TPSA) is 71.1 Å². The van der Waals surface area contributed by atoms with Crippen LogP contribution in [0, 0.1) is 18.8 Å². The lowest BCUT2D eigenvalue weighted by Gasteiger charge is -2.25. The van der Waals surface area contributed by atoms with Gasteiger partial charge in [-0.05, 0) is 80.7 Å². The second-order valence-corrected chi connectivity index (χ2v) is 10.7. The Hall–Kier alpha value is -3.44. The number of hydrogen-bond acceptors (Lipinski definition) is 6. The van der Waals surface area contributed by atoms with Crippen LogP contribution in [0.2, 0.25) is 0 Å². The number of methoxy groups -OCH3 is 1. The maximum atomic E-state index is 13.2. The van der Waals surface area contributed by atoms with Gasteiger partial charge in [-0.1, -0.05) is 60.2 Å². The second-order valence-electron chi connectivity index (χ2n) is 10.7. The van der Waals surface area contributed by atoms with Crippen LogP contribution in [0.15, 0.2) is 84.6 Å². The molecule has 4 rings (SSSR count). The van der Waals surface area contributed by atoms with Gasteiger partial charge in [0.15, 0.2) is 12.4 Å². The van der Waals surface area contributed by atoms with Crippen molar-refractivity contribution in [2.24, 2.45) is 11.8 Å². The van der Waals surface area contributed by atoms with Gasteiger partial charge in [-0.25, -0.2) is 4.79 Å².